The first-order valence-corrected chi connectivity index (χ1v) is 9.97. The third kappa shape index (κ3) is 4.22. The van der Waals surface area contributed by atoms with Gasteiger partial charge in [0.05, 0.1) is 18.5 Å². The van der Waals surface area contributed by atoms with Crippen LogP contribution in [0.25, 0.3) is 0 Å². The van der Waals surface area contributed by atoms with Gasteiger partial charge in [-0.2, -0.15) is 0 Å². The lowest BCUT2D eigenvalue weighted by Crippen LogP contribution is -2.32. The number of hydrogen-bond donors (Lipinski definition) is 1. The molecule has 0 aliphatic carbocycles. The van der Waals surface area contributed by atoms with Gasteiger partial charge in [0.1, 0.15) is 0 Å². The molecular formula is C21H28N4O2. The van der Waals surface area contributed by atoms with Crippen LogP contribution >= 0.6 is 0 Å². The molecule has 4 rings (SSSR count). The number of imidazole rings is 1. The largest absolute Gasteiger partial charge is 0.391 e. The molecule has 0 spiro atoms. The van der Waals surface area contributed by atoms with E-state index in [1.807, 2.05) is 27.8 Å². The lowest BCUT2D eigenvalue weighted by Gasteiger charge is -2.21. The summed E-state index contributed by atoms with van der Waals surface area (Å²) in [5.41, 5.74) is 2.00. The topological polar surface area (TPSA) is 61.6 Å². The van der Waals surface area contributed by atoms with Gasteiger partial charge >= 0.3 is 0 Å². The minimum atomic E-state index is -0.458. The lowest BCUT2D eigenvalue weighted by atomic mass is 10.1. The Morgan fingerprint density at radius 3 is 2.52 bits per heavy atom. The Labute approximate surface area is 160 Å². The summed E-state index contributed by atoms with van der Waals surface area (Å²) in [6.45, 7) is 4.55. The lowest BCUT2D eigenvalue weighted by molar-refractivity contribution is 0.0751. The maximum absolute atomic E-state index is 12.9. The molecule has 144 valence electrons. The second-order valence-corrected chi connectivity index (χ2v) is 7.69. The highest BCUT2D eigenvalue weighted by Gasteiger charge is 2.28. The highest BCUT2D eigenvalue weighted by molar-refractivity contribution is 5.94. The summed E-state index contributed by atoms with van der Waals surface area (Å²) in [5, 5.41) is 10.5. The molecule has 0 radical (unpaired) electrons. The Bertz CT molecular complexity index is 738. The number of carbonyl (C=O) groups is 1. The second kappa shape index (κ2) is 8.23. The van der Waals surface area contributed by atoms with Gasteiger partial charge in [0.25, 0.3) is 5.91 Å². The molecule has 27 heavy (non-hydrogen) atoms. The Kier molecular flexibility index (Phi) is 5.55. The maximum atomic E-state index is 12.9. The number of hydrogen-bond acceptors (Lipinski definition) is 4. The number of aliphatic hydroxyl groups is 1. The molecule has 2 aliphatic rings. The van der Waals surface area contributed by atoms with Crippen molar-refractivity contribution in [3.05, 3.63) is 54.1 Å². The fraction of sp³-hybridized carbons (Fsp3) is 0.524. The van der Waals surface area contributed by atoms with Crippen molar-refractivity contribution in [2.75, 3.05) is 26.2 Å². The molecule has 0 saturated carbocycles. The zero-order valence-corrected chi connectivity index (χ0v) is 15.7. The van der Waals surface area contributed by atoms with Gasteiger partial charge in [-0.05, 0) is 56.5 Å². The van der Waals surface area contributed by atoms with E-state index < -0.39 is 6.10 Å². The van der Waals surface area contributed by atoms with Gasteiger partial charge in [0.2, 0.25) is 0 Å². The normalized spacial score (nSPS) is 24.1. The van der Waals surface area contributed by atoms with Crippen molar-refractivity contribution < 1.29 is 9.90 Å². The van der Waals surface area contributed by atoms with Crippen LogP contribution in [-0.2, 0) is 6.54 Å². The number of aliphatic hydroxyl groups excluding tert-OH is 1. The van der Waals surface area contributed by atoms with Crippen molar-refractivity contribution in [2.24, 2.45) is 0 Å². The van der Waals surface area contributed by atoms with E-state index in [9.17, 15) is 9.90 Å². The number of rotatable bonds is 4. The Morgan fingerprint density at radius 2 is 1.81 bits per heavy atom. The van der Waals surface area contributed by atoms with Gasteiger partial charge in [-0.1, -0.05) is 12.1 Å². The second-order valence-electron chi connectivity index (χ2n) is 7.69. The van der Waals surface area contributed by atoms with Gasteiger partial charge in [-0.3, -0.25) is 9.69 Å². The van der Waals surface area contributed by atoms with E-state index in [4.69, 9.17) is 0 Å². The third-order valence-electron chi connectivity index (χ3n) is 5.83. The van der Waals surface area contributed by atoms with Crippen LogP contribution in [0.5, 0.6) is 0 Å². The highest BCUT2D eigenvalue weighted by atomic mass is 16.3. The van der Waals surface area contributed by atoms with Gasteiger partial charge in [-0.15, -0.1) is 0 Å². The van der Waals surface area contributed by atoms with Crippen LogP contribution in [0.3, 0.4) is 0 Å². The maximum Gasteiger partial charge on any atom is 0.253 e. The van der Waals surface area contributed by atoms with Crippen molar-refractivity contribution in [1.82, 2.24) is 19.4 Å². The fourth-order valence-electron chi connectivity index (χ4n) is 4.22. The minimum Gasteiger partial charge on any atom is -0.391 e. The standard InChI is InChI=1S/C21H28N4O2/c26-20-8-13-24(12-7-19(20)25-14-9-22-16-25)21(27)18-5-3-17(4-6-18)15-23-10-1-2-11-23/h3-6,9,14,16,19-20,26H,1-2,7-8,10-13,15H2/t19-,20-/m0/s1. The van der Waals surface area contributed by atoms with Crippen molar-refractivity contribution in [3.8, 4) is 0 Å². The molecule has 1 aromatic carbocycles. The number of aromatic nitrogens is 2. The third-order valence-corrected chi connectivity index (χ3v) is 5.83. The highest BCUT2D eigenvalue weighted by Crippen LogP contribution is 2.24. The molecule has 2 aliphatic heterocycles. The van der Waals surface area contributed by atoms with Crippen LogP contribution in [0.1, 0.15) is 47.6 Å². The number of nitrogens with zero attached hydrogens (tertiary/aromatic N) is 4. The molecule has 2 saturated heterocycles. The smallest absolute Gasteiger partial charge is 0.253 e. The summed E-state index contributed by atoms with van der Waals surface area (Å²) in [5.74, 6) is 0.0567. The monoisotopic (exact) mass is 368 g/mol. The number of likely N-dealkylation sites (tertiary alicyclic amines) is 2. The van der Waals surface area contributed by atoms with Gasteiger partial charge in [0, 0.05) is 37.6 Å². The number of carbonyl (C=O) groups excluding carboxylic acids is 1. The van der Waals surface area contributed by atoms with E-state index in [1.54, 1.807) is 12.5 Å². The Morgan fingerprint density at radius 1 is 1.07 bits per heavy atom. The Hall–Kier alpha value is -2.18. The molecule has 1 amide bonds. The summed E-state index contributed by atoms with van der Waals surface area (Å²) in [7, 11) is 0. The average Bonchev–Trinajstić information content (AvgIpc) is 3.36. The number of amides is 1. The van der Waals surface area contributed by atoms with Crippen LogP contribution in [0.4, 0.5) is 0 Å². The summed E-state index contributed by atoms with van der Waals surface area (Å²) < 4.78 is 1.95. The SMILES string of the molecule is O=C(c1ccc(CN2CCCC2)cc1)N1CC[C@H](O)[C@@H](n2ccnc2)CC1. The van der Waals surface area contributed by atoms with Gasteiger partial charge in [-0.25, -0.2) is 4.98 Å². The van der Waals surface area contributed by atoms with E-state index in [2.05, 4.69) is 22.0 Å². The van der Waals surface area contributed by atoms with E-state index >= 15 is 0 Å². The van der Waals surface area contributed by atoms with E-state index in [1.165, 1.54) is 31.5 Å². The molecule has 0 unspecified atom stereocenters. The molecule has 1 N–H and O–H groups in total. The van der Waals surface area contributed by atoms with Crippen molar-refractivity contribution in [1.29, 1.82) is 0 Å². The predicted octanol–water partition coefficient (Wildman–Crippen LogP) is 2.32. The summed E-state index contributed by atoms with van der Waals surface area (Å²) in [4.78, 5) is 21.3. The quantitative estimate of drug-likeness (QED) is 0.900. The van der Waals surface area contributed by atoms with E-state index in [0.717, 1.165) is 18.5 Å². The van der Waals surface area contributed by atoms with Crippen LogP contribution in [0.15, 0.2) is 43.0 Å². The van der Waals surface area contributed by atoms with Gasteiger partial charge in [0.15, 0.2) is 0 Å². The molecule has 2 fully saturated rings. The molecule has 1 aromatic heterocycles. The molecule has 2 atom stereocenters. The zero-order chi connectivity index (χ0) is 18.6. The van der Waals surface area contributed by atoms with Crippen molar-refractivity contribution in [3.63, 3.8) is 0 Å². The molecule has 0 bridgehead atoms. The molecule has 3 heterocycles. The fourth-order valence-corrected chi connectivity index (χ4v) is 4.22. The van der Waals surface area contributed by atoms with Gasteiger partial charge < -0.3 is 14.6 Å². The van der Waals surface area contributed by atoms with E-state index in [-0.39, 0.29) is 11.9 Å². The minimum absolute atomic E-state index is 0.0202. The Balaban J connectivity index is 1.38. The van der Waals surface area contributed by atoms with Crippen LogP contribution in [0, 0.1) is 0 Å². The first kappa shape index (κ1) is 18.2. The van der Waals surface area contributed by atoms with Crippen molar-refractivity contribution in [2.45, 2.75) is 44.4 Å². The first-order chi connectivity index (χ1) is 13.2. The average molecular weight is 368 g/mol. The van der Waals surface area contributed by atoms with Crippen LogP contribution < -0.4 is 0 Å². The summed E-state index contributed by atoms with van der Waals surface area (Å²) >= 11 is 0. The number of benzene rings is 1. The zero-order valence-electron chi connectivity index (χ0n) is 15.7. The van der Waals surface area contributed by atoms with Crippen LogP contribution in [0.2, 0.25) is 0 Å². The first-order valence-electron chi connectivity index (χ1n) is 9.97. The molecule has 6 nitrogen and oxygen atoms in total. The van der Waals surface area contributed by atoms with E-state index in [0.29, 0.717) is 19.5 Å². The molecular weight excluding hydrogens is 340 g/mol. The van der Waals surface area contributed by atoms with Crippen molar-refractivity contribution >= 4 is 5.91 Å². The molecule has 6 heteroatoms. The summed E-state index contributed by atoms with van der Waals surface area (Å²) in [6, 6.07) is 8.03. The van der Waals surface area contributed by atoms with Crippen LogP contribution in [-0.4, -0.2) is 62.6 Å². The summed E-state index contributed by atoms with van der Waals surface area (Å²) in [6.07, 6.45) is 8.78. The molecule has 2 aromatic rings. The predicted molar refractivity (Wildman–Crippen MR) is 103 cm³/mol.